The van der Waals surface area contributed by atoms with Crippen molar-refractivity contribution >= 4 is 6.21 Å². The minimum Gasteiger partial charge on any atom is -0.493 e. The van der Waals surface area contributed by atoms with Gasteiger partial charge in [-0.15, -0.1) is 0 Å². The normalized spacial score (nSPS) is 18.5. The summed E-state index contributed by atoms with van der Waals surface area (Å²) in [6.07, 6.45) is 10.4. The molecule has 0 aliphatic heterocycles. The van der Waals surface area contributed by atoms with Crippen molar-refractivity contribution < 1.29 is 19.0 Å². The number of oxime groups is 1. The second-order valence-electron chi connectivity index (χ2n) is 8.76. The zero-order valence-corrected chi connectivity index (χ0v) is 20.4. The third kappa shape index (κ3) is 7.85. The van der Waals surface area contributed by atoms with Crippen LogP contribution in [-0.2, 0) is 4.84 Å². The van der Waals surface area contributed by atoms with Crippen LogP contribution in [0.3, 0.4) is 0 Å². The summed E-state index contributed by atoms with van der Waals surface area (Å²) in [7, 11) is 1.54. The Morgan fingerprint density at radius 1 is 0.848 bits per heavy atom. The van der Waals surface area contributed by atoms with Crippen molar-refractivity contribution in [2.45, 2.75) is 46.5 Å². The minimum atomic E-state index is 0.594. The van der Waals surface area contributed by atoms with Gasteiger partial charge < -0.3 is 19.0 Å². The predicted molar refractivity (Wildman–Crippen MR) is 134 cm³/mol. The zero-order chi connectivity index (χ0) is 23.5. The van der Waals surface area contributed by atoms with Crippen LogP contribution in [0.5, 0.6) is 17.2 Å². The van der Waals surface area contributed by atoms with E-state index in [9.17, 15) is 0 Å². The molecule has 5 nitrogen and oxygen atoms in total. The van der Waals surface area contributed by atoms with Gasteiger partial charge in [0.05, 0.1) is 19.4 Å². The van der Waals surface area contributed by atoms with Crippen LogP contribution in [0.2, 0.25) is 0 Å². The van der Waals surface area contributed by atoms with Crippen LogP contribution in [0.15, 0.2) is 53.7 Å². The maximum atomic E-state index is 6.27. The Hall–Kier alpha value is -2.95. The first-order valence-electron chi connectivity index (χ1n) is 11.9. The molecule has 0 saturated heterocycles. The van der Waals surface area contributed by atoms with E-state index < -0.39 is 0 Å². The Morgan fingerprint density at radius 2 is 1.45 bits per heavy atom. The third-order valence-electron chi connectivity index (χ3n) is 6.12. The van der Waals surface area contributed by atoms with Gasteiger partial charge >= 0.3 is 0 Å². The molecule has 0 atom stereocenters. The molecule has 1 aliphatic carbocycles. The van der Waals surface area contributed by atoms with Gasteiger partial charge in [0.25, 0.3) is 0 Å². The Bertz CT molecular complexity index is 889. The molecule has 1 aliphatic rings. The summed E-state index contributed by atoms with van der Waals surface area (Å²) < 4.78 is 18.1. The quantitative estimate of drug-likeness (QED) is 0.222. The Morgan fingerprint density at radius 3 is 2.03 bits per heavy atom. The van der Waals surface area contributed by atoms with E-state index in [0.29, 0.717) is 18.4 Å². The second-order valence-corrected chi connectivity index (χ2v) is 8.76. The lowest BCUT2D eigenvalue weighted by molar-refractivity contribution is 0.147. The van der Waals surface area contributed by atoms with Crippen molar-refractivity contribution in [1.29, 1.82) is 0 Å². The average Bonchev–Trinajstić information content (AvgIpc) is 2.82. The first-order valence-corrected chi connectivity index (χ1v) is 11.9. The SMILES string of the molecule is C/C=C/COc1cc(C)c(OCC2CCC(COc3ccc(C=NOC)cc3)CC2)c(C)c1. The number of benzene rings is 2. The van der Waals surface area contributed by atoms with E-state index in [4.69, 9.17) is 19.0 Å². The van der Waals surface area contributed by atoms with E-state index in [0.717, 1.165) is 47.2 Å². The number of nitrogens with zero attached hydrogens (tertiary/aromatic N) is 1. The van der Waals surface area contributed by atoms with Crippen LogP contribution in [0.1, 0.15) is 49.3 Å². The van der Waals surface area contributed by atoms with Gasteiger partial charge in [0, 0.05) is 0 Å². The fourth-order valence-electron chi connectivity index (χ4n) is 4.21. The number of ether oxygens (including phenoxy) is 3. The molecule has 0 heterocycles. The van der Waals surface area contributed by atoms with Crippen molar-refractivity contribution in [1.82, 2.24) is 0 Å². The van der Waals surface area contributed by atoms with Crippen LogP contribution in [0.4, 0.5) is 0 Å². The predicted octanol–water partition coefficient (Wildman–Crippen LogP) is 6.50. The molecule has 0 aromatic heterocycles. The lowest BCUT2D eigenvalue weighted by atomic mass is 9.83. The van der Waals surface area contributed by atoms with E-state index in [2.05, 4.69) is 31.1 Å². The topological polar surface area (TPSA) is 49.3 Å². The molecular weight excluding hydrogens is 414 g/mol. The third-order valence-corrected chi connectivity index (χ3v) is 6.12. The fourth-order valence-corrected chi connectivity index (χ4v) is 4.21. The van der Waals surface area contributed by atoms with Crippen LogP contribution >= 0.6 is 0 Å². The highest BCUT2D eigenvalue weighted by atomic mass is 16.6. The van der Waals surface area contributed by atoms with E-state index >= 15 is 0 Å². The summed E-state index contributed by atoms with van der Waals surface area (Å²) >= 11 is 0. The largest absolute Gasteiger partial charge is 0.493 e. The molecule has 1 saturated carbocycles. The molecule has 0 N–H and O–H groups in total. The summed E-state index contributed by atoms with van der Waals surface area (Å²) in [6, 6.07) is 12.1. The van der Waals surface area contributed by atoms with Gasteiger partial charge in [-0.3, -0.25) is 0 Å². The van der Waals surface area contributed by atoms with E-state index in [-0.39, 0.29) is 0 Å². The summed E-state index contributed by atoms with van der Waals surface area (Å²) in [4.78, 5) is 4.71. The molecule has 0 spiro atoms. The average molecular weight is 452 g/mol. The van der Waals surface area contributed by atoms with E-state index in [1.165, 1.54) is 32.8 Å². The molecule has 0 radical (unpaired) electrons. The number of hydrogen-bond donors (Lipinski definition) is 0. The maximum Gasteiger partial charge on any atom is 0.125 e. The highest BCUT2D eigenvalue weighted by Gasteiger charge is 2.22. The number of hydrogen-bond acceptors (Lipinski definition) is 5. The minimum absolute atomic E-state index is 0.594. The highest BCUT2D eigenvalue weighted by Crippen LogP contribution is 2.33. The van der Waals surface area contributed by atoms with Crippen LogP contribution < -0.4 is 14.2 Å². The summed E-state index contributed by atoms with van der Waals surface area (Å²) in [6.45, 7) is 8.32. The lowest BCUT2D eigenvalue weighted by Gasteiger charge is -2.28. The molecule has 0 bridgehead atoms. The van der Waals surface area contributed by atoms with Gasteiger partial charge in [0.1, 0.15) is 31.0 Å². The number of aryl methyl sites for hydroxylation is 2. The standard InChI is InChI=1S/C28H37NO4/c1-5-6-15-31-27-16-21(2)28(22(3)17-27)33-20-25-9-7-24(8-10-25)19-32-26-13-11-23(12-14-26)18-29-30-4/h5-6,11-14,16-18,24-25H,7-10,15,19-20H2,1-4H3/b6-5+,29-18?. The van der Waals surface area contributed by atoms with E-state index in [1.54, 1.807) is 6.21 Å². The van der Waals surface area contributed by atoms with Crippen molar-refractivity contribution in [3.05, 3.63) is 65.2 Å². The molecular formula is C28H37NO4. The molecule has 2 aromatic carbocycles. The van der Waals surface area contributed by atoms with Gasteiger partial charge in [0.2, 0.25) is 0 Å². The van der Waals surface area contributed by atoms with Gasteiger partial charge in [-0.05, 0) is 111 Å². The van der Waals surface area contributed by atoms with Crippen molar-refractivity contribution in [3.63, 3.8) is 0 Å². The molecule has 5 heteroatoms. The molecule has 33 heavy (non-hydrogen) atoms. The Balaban J connectivity index is 1.40. The van der Waals surface area contributed by atoms with Gasteiger partial charge in [0.15, 0.2) is 0 Å². The van der Waals surface area contributed by atoms with Gasteiger partial charge in [-0.1, -0.05) is 17.3 Å². The van der Waals surface area contributed by atoms with Crippen molar-refractivity contribution in [2.24, 2.45) is 17.0 Å². The smallest absolute Gasteiger partial charge is 0.125 e. The maximum absolute atomic E-state index is 6.27. The van der Waals surface area contributed by atoms with Gasteiger partial charge in [-0.25, -0.2) is 0 Å². The monoisotopic (exact) mass is 451 g/mol. The summed E-state index contributed by atoms with van der Waals surface area (Å²) in [5.74, 6) is 4.00. The molecule has 3 rings (SSSR count). The van der Waals surface area contributed by atoms with Crippen LogP contribution in [-0.4, -0.2) is 33.1 Å². The number of allylic oxidation sites excluding steroid dienone is 1. The van der Waals surface area contributed by atoms with Crippen molar-refractivity contribution in [2.75, 3.05) is 26.9 Å². The Labute approximate surface area is 198 Å². The summed E-state index contributed by atoms with van der Waals surface area (Å²) in [5, 5.41) is 3.78. The van der Waals surface area contributed by atoms with Crippen molar-refractivity contribution in [3.8, 4) is 17.2 Å². The zero-order valence-electron chi connectivity index (χ0n) is 20.4. The van der Waals surface area contributed by atoms with Crippen LogP contribution in [0, 0.1) is 25.7 Å². The molecule has 0 unspecified atom stereocenters. The lowest BCUT2D eigenvalue weighted by Crippen LogP contribution is -2.23. The molecule has 2 aromatic rings. The van der Waals surface area contributed by atoms with Gasteiger partial charge in [-0.2, -0.15) is 0 Å². The van der Waals surface area contributed by atoms with Crippen LogP contribution in [0.25, 0.3) is 0 Å². The number of rotatable bonds is 11. The summed E-state index contributed by atoms with van der Waals surface area (Å²) in [5.41, 5.74) is 3.25. The molecule has 1 fully saturated rings. The fraction of sp³-hybridized carbons (Fsp3) is 0.464. The first-order chi connectivity index (χ1) is 16.1. The highest BCUT2D eigenvalue weighted by molar-refractivity contribution is 5.79. The Kier molecular flexibility index (Phi) is 9.67. The molecule has 178 valence electrons. The second kappa shape index (κ2) is 12.9. The van der Waals surface area contributed by atoms with E-state index in [1.807, 2.05) is 43.3 Å². The first kappa shape index (κ1) is 24.7. The molecule has 0 amide bonds.